The Morgan fingerprint density at radius 2 is 1.85 bits per heavy atom. The third-order valence-electron chi connectivity index (χ3n) is 6.05. The van der Waals surface area contributed by atoms with Gasteiger partial charge in [0, 0.05) is 30.5 Å². The summed E-state index contributed by atoms with van der Waals surface area (Å²) in [4.78, 5) is 14.8. The molecule has 0 unspecified atom stereocenters. The first-order valence-corrected chi connectivity index (χ1v) is 11.6. The van der Waals surface area contributed by atoms with Crippen molar-refractivity contribution in [1.82, 2.24) is 4.90 Å². The monoisotopic (exact) mass is 376 g/mol. The summed E-state index contributed by atoms with van der Waals surface area (Å²) >= 11 is 0. The minimum Gasteiger partial charge on any atom is -0.371 e. The van der Waals surface area contributed by atoms with Gasteiger partial charge >= 0.3 is 0 Å². The molecule has 1 aliphatic carbocycles. The van der Waals surface area contributed by atoms with Gasteiger partial charge in [-0.05, 0) is 37.8 Å². The first kappa shape index (κ1) is 18.0. The maximum absolute atomic E-state index is 13.1. The molecule has 3 fully saturated rings. The molecule has 142 valence electrons. The second-order valence-corrected chi connectivity index (χ2v) is 10.4. The Morgan fingerprint density at radius 1 is 1.15 bits per heavy atom. The largest absolute Gasteiger partial charge is 0.371 e. The Morgan fingerprint density at radius 3 is 2.54 bits per heavy atom. The molecule has 1 saturated carbocycles. The summed E-state index contributed by atoms with van der Waals surface area (Å²) in [6.45, 7) is 1.94. The zero-order chi connectivity index (χ0) is 18.0. The van der Waals surface area contributed by atoms with Gasteiger partial charge < -0.3 is 9.64 Å². The van der Waals surface area contributed by atoms with E-state index in [4.69, 9.17) is 4.74 Å². The quantitative estimate of drug-likeness (QED) is 0.795. The highest BCUT2D eigenvalue weighted by Gasteiger charge is 2.43. The highest BCUT2D eigenvalue weighted by atomic mass is 32.2. The summed E-state index contributed by atoms with van der Waals surface area (Å²) in [5, 5.41) is 0. The van der Waals surface area contributed by atoms with E-state index >= 15 is 0 Å². The van der Waals surface area contributed by atoms with Gasteiger partial charge in [-0.15, -0.1) is 0 Å². The summed E-state index contributed by atoms with van der Waals surface area (Å²) in [6, 6.07) is 9.57. The van der Waals surface area contributed by atoms with E-state index < -0.39 is 9.73 Å². The SMILES string of the molecule is O=C(C1CCCC1)N1CCOC2(CCS(=O)(=Nc3ccccc3)CC2)C1. The van der Waals surface area contributed by atoms with Gasteiger partial charge in [0.1, 0.15) is 0 Å². The molecule has 0 aromatic heterocycles. The number of rotatable bonds is 2. The molecule has 0 bridgehead atoms. The normalized spacial score (nSPS) is 32.7. The van der Waals surface area contributed by atoms with Crippen molar-refractivity contribution in [2.75, 3.05) is 31.2 Å². The molecule has 0 N–H and O–H groups in total. The molecular weight excluding hydrogens is 348 g/mol. The number of amides is 1. The average Bonchev–Trinajstić information content (AvgIpc) is 3.20. The minimum atomic E-state index is -2.23. The summed E-state index contributed by atoms with van der Waals surface area (Å²) in [5.41, 5.74) is 0.468. The molecule has 1 spiro atoms. The summed E-state index contributed by atoms with van der Waals surface area (Å²) in [6.07, 6.45) is 5.86. The van der Waals surface area contributed by atoms with Crippen molar-refractivity contribution in [3.8, 4) is 0 Å². The fourth-order valence-corrected chi connectivity index (χ4v) is 6.73. The van der Waals surface area contributed by atoms with Crippen molar-refractivity contribution in [1.29, 1.82) is 0 Å². The predicted molar refractivity (Wildman–Crippen MR) is 103 cm³/mol. The van der Waals surface area contributed by atoms with Crippen LogP contribution in [0.5, 0.6) is 0 Å². The highest BCUT2D eigenvalue weighted by Crippen LogP contribution is 2.35. The van der Waals surface area contributed by atoms with E-state index in [9.17, 15) is 9.00 Å². The molecule has 6 heteroatoms. The second-order valence-electron chi connectivity index (χ2n) is 7.88. The minimum absolute atomic E-state index is 0.214. The maximum Gasteiger partial charge on any atom is 0.225 e. The number of nitrogens with zero attached hydrogens (tertiary/aromatic N) is 2. The van der Waals surface area contributed by atoms with Crippen molar-refractivity contribution in [2.24, 2.45) is 10.3 Å². The van der Waals surface area contributed by atoms with Gasteiger partial charge in [0.2, 0.25) is 5.91 Å². The van der Waals surface area contributed by atoms with Crippen LogP contribution in [0.2, 0.25) is 0 Å². The molecular formula is C20H28N2O3S. The van der Waals surface area contributed by atoms with Gasteiger partial charge in [0.05, 0.1) is 27.6 Å². The van der Waals surface area contributed by atoms with Crippen LogP contribution in [-0.2, 0) is 19.3 Å². The third-order valence-corrected chi connectivity index (χ3v) is 8.27. The lowest BCUT2D eigenvalue weighted by molar-refractivity contribution is -0.155. The lowest BCUT2D eigenvalue weighted by atomic mass is 9.93. The van der Waals surface area contributed by atoms with E-state index in [0.29, 0.717) is 37.1 Å². The Balaban J connectivity index is 1.43. The van der Waals surface area contributed by atoms with E-state index in [1.54, 1.807) is 0 Å². The van der Waals surface area contributed by atoms with E-state index in [-0.39, 0.29) is 11.5 Å². The van der Waals surface area contributed by atoms with Crippen molar-refractivity contribution >= 4 is 21.3 Å². The van der Waals surface area contributed by atoms with E-state index in [1.165, 1.54) is 12.8 Å². The van der Waals surface area contributed by atoms with Gasteiger partial charge in [0.25, 0.3) is 0 Å². The molecule has 1 amide bonds. The predicted octanol–water partition coefficient (Wildman–Crippen LogP) is 3.37. The Bertz CT molecular complexity index is 751. The van der Waals surface area contributed by atoms with Crippen molar-refractivity contribution < 1.29 is 13.7 Å². The molecule has 3 aliphatic rings. The van der Waals surface area contributed by atoms with Crippen molar-refractivity contribution in [2.45, 2.75) is 44.1 Å². The van der Waals surface area contributed by atoms with Gasteiger partial charge in [-0.1, -0.05) is 31.0 Å². The zero-order valence-corrected chi connectivity index (χ0v) is 16.1. The molecule has 4 rings (SSSR count). The lowest BCUT2D eigenvalue weighted by Gasteiger charge is -2.45. The van der Waals surface area contributed by atoms with Crippen LogP contribution in [-0.4, -0.2) is 51.8 Å². The van der Waals surface area contributed by atoms with E-state index in [1.807, 2.05) is 35.2 Å². The summed E-state index contributed by atoms with van der Waals surface area (Å²) < 4.78 is 23.8. The number of morpholine rings is 1. The molecule has 1 aromatic rings. The van der Waals surface area contributed by atoms with Crippen LogP contribution < -0.4 is 0 Å². The van der Waals surface area contributed by atoms with Crippen LogP contribution in [0.1, 0.15) is 38.5 Å². The smallest absolute Gasteiger partial charge is 0.225 e. The molecule has 26 heavy (non-hydrogen) atoms. The molecule has 0 atom stereocenters. The molecule has 1 aromatic carbocycles. The Labute approximate surface area is 156 Å². The standard InChI is InChI=1S/C20H28N2O3S/c23-19(17-6-4-5-7-17)22-12-13-25-20(16-22)10-14-26(24,15-11-20)21-18-8-2-1-3-9-18/h1-3,8-9,17H,4-7,10-16H2. The van der Waals surface area contributed by atoms with Gasteiger partial charge in [-0.3, -0.25) is 4.79 Å². The molecule has 5 nitrogen and oxygen atoms in total. The van der Waals surface area contributed by atoms with Crippen LogP contribution in [0.3, 0.4) is 0 Å². The summed E-state index contributed by atoms with van der Waals surface area (Å²) in [7, 11) is -2.23. The fraction of sp³-hybridized carbons (Fsp3) is 0.650. The van der Waals surface area contributed by atoms with Crippen LogP contribution >= 0.6 is 0 Å². The van der Waals surface area contributed by atoms with Crippen LogP contribution in [0, 0.1) is 5.92 Å². The first-order valence-electron chi connectivity index (χ1n) is 9.78. The molecule has 2 heterocycles. The van der Waals surface area contributed by atoms with Crippen molar-refractivity contribution in [3.63, 3.8) is 0 Å². The van der Waals surface area contributed by atoms with Crippen LogP contribution in [0.25, 0.3) is 0 Å². The van der Waals surface area contributed by atoms with Gasteiger partial charge in [0.15, 0.2) is 0 Å². The van der Waals surface area contributed by atoms with Crippen molar-refractivity contribution in [3.05, 3.63) is 30.3 Å². The van der Waals surface area contributed by atoms with Gasteiger partial charge in [-0.25, -0.2) is 4.21 Å². The fourth-order valence-electron chi connectivity index (χ4n) is 4.46. The number of benzene rings is 1. The van der Waals surface area contributed by atoms with Crippen LogP contribution in [0.15, 0.2) is 34.7 Å². The first-order chi connectivity index (χ1) is 12.6. The van der Waals surface area contributed by atoms with Gasteiger partial charge in [-0.2, -0.15) is 4.36 Å². The molecule has 2 saturated heterocycles. The number of hydrogen-bond donors (Lipinski definition) is 0. The highest BCUT2D eigenvalue weighted by molar-refractivity contribution is 7.93. The van der Waals surface area contributed by atoms with E-state index in [0.717, 1.165) is 31.4 Å². The Hall–Kier alpha value is -1.40. The average molecular weight is 377 g/mol. The summed E-state index contributed by atoms with van der Waals surface area (Å²) in [5.74, 6) is 1.62. The van der Waals surface area contributed by atoms with E-state index in [2.05, 4.69) is 4.36 Å². The third kappa shape index (κ3) is 3.81. The lowest BCUT2D eigenvalue weighted by Crippen LogP contribution is -2.57. The molecule has 2 aliphatic heterocycles. The Kier molecular flexibility index (Phi) is 5.06. The van der Waals surface area contributed by atoms with Crippen LogP contribution in [0.4, 0.5) is 5.69 Å². The number of hydrogen-bond acceptors (Lipinski definition) is 4. The number of carbonyl (C=O) groups is 1. The number of ether oxygens (including phenoxy) is 1. The molecule has 0 radical (unpaired) electrons. The maximum atomic E-state index is 13.1. The second kappa shape index (κ2) is 7.31. The number of carbonyl (C=O) groups excluding carboxylic acids is 1. The zero-order valence-electron chi connectivity index (χ0n) is 15.3. The topological polar surface area (TPSA) is 59.0 Å².